The zero-order chi connectivity index (χ0) is 23.9. The van der Waals surface area contributed by atoms with Crippen LogP contribution in [0.4, 0.5) is 4.79 Å². The van der Waals surface area contributed by atoms with Crippen molar-refractivity contribution >= 4 is 6.09 Å². The van der Waals surface area contributed by atoms with Crippen LogP contribution in [-0.2, 0) is 16.0 Å². The monoisotopic (exact) mass is 466 g/mol. The molecule has 34 heavy (non-hydrogen) atoms. The van der Waals surface area contributed by atoms with Gasteiger partial charge in [-0.25, -0.2) is 4.79 Å². The van der Waals surface area contributed by atoms with E-state index in [0.717, 1.165) is 44.4 Å². The Morgan fingerprint density at radius 3 is 2.35 bits per heavy atom. The molecular weight excluding hydrogens is 428 g/mol. The number of nitrogens with one attached hydrogen (secondary N) is 1. The average molecular weight is 467 g/mol. The summed E-state index contributed by atoms with van der Waals surface area (Å²) in [5, 5.41) is 3.67. The summed E-state index contributed by atoms with van der Waals surface area (Å²) in [6.45, 7) is 3.35. The number of nitrogens with zero attached hydrogens (tertiary/aromatic N) is 1. The highest BCUT2D eigenvalue weighted by Gasteiger charge is 2.42. The van der Waals surface area contributed by atoms with E-state index < -0.39 is 0 Å². The van der Waals surface area contributed by atoms with Gasteiger partial charge in [0.2, 0.25) is 0 Å². The standard InChI is InChI=1S/C28H38N2O4/c1-20-17-26(29-18-21-9-13-24(32-2)14-10-21)27(30(20)28(31)33-3)19-34-25-15-11-23(12-16-25)22-7-5-4-6-8-22/h4-10,13-14,20,23,25-27,29H,11-12,15-19H2,1-3H3/t20-,23?,25?,26+,27+/m1/s1. The predicted octanol–water partition coefficient (Wildman–Crippen LogP) is 5.13. The predicted molar refractivity (Wildman–Crippen MR) is 133 cm³/mol. The van der Waals surface area contributed by atoms with Crippen molar-refractivity contribution in [2.75, 3.05) is 20.8 Å². The van der Waals surface area contributed by atoms with Gasteiger partial charge in [-0.2, -0.15) is 0 Å². The molecule has 4 rings (SSSR count). The minimum absolute atomic E-state index is 0.0486. The van der Waals surface area contributed by atoms with Crippen molar-refractivity contribution in [3.8, 4) is 5.75 Å². The van der Waals surface area contributed by atoms with Crippen LogP contribution in [0, 0.1) is 0 Å². The van der Waals surface area contributed by atoms with Crippen LogP contribution in [0.25, 0.3) is 0 Å². The number of rotatable bonds is 8. The third kappa shape index (κ3) is 5.91. The van der Waals surface area contributed by atoms with Crippen LogP contribution in [0.5, 0.6) is 5.75 Å². The highest BCUT2D eigenvalue weighted by Crippen LogP contribution is 2.34. The number of methoxy groups -OCH3 is 2. The second-order valence-electron chi connectivity index (χ2n) is 9.58. The van der Waals surface area contributed by atoms with Crippen molar-refractivity contribution < 1.29 is 19.0 Å². The Morgan fingerprint density at radius 1 is 1.00 bits per heavy atom. The minimum Gasteiger partial charge on any atom is -0.497 e. The van der Waals surface area contributed by atoms with E-state index in [4.69, 9.17) is 14.2 Å². The number of likely N-dealkylation sites (tertiary alicyclic amines) is 1. The lowest BCUT2D eigenvalue weighted by molar-refractivity contribution is -0.00969. The van der Waals surface area contributed by atoms with Gasteiger partial charge in [0.15, 0.2) is 0 Å². The number of hydrogen-bond donors (Lipinski definition) is 1. The molecule has 6 nitrogen and oxygen atoms in total. The zero-order valence-electron chi connectivity index (χ0n) is 20.6. The lowest BCUT2D eigenvalue weighted by Gasteiger charge is -2.33. The van der Waals surface area contributed by atoms with Gasteiger partial charge >= 0.3 is 6.09 Å². The topological polar surface area (TPSA) is 60.0 Å². The van der Waals surface area contributed by atoms with Crippen LogP contribution in [0.2, 0.25) is 0 Å². The summed E-state index contributed by atoms with van der Waals surface area (Å²) in [6.07, 6.45) is 5.26. The molecule has 184 valence electrons. The van der Waals surface area contributed by atoms with Crippen LogP contribution in [-0.4, -0.2) is 56.0 Å². The fraction of sp³-hybridized carbons (Fsp3) is 0.536. The Kier molecular flexibility index (Phi) is 8.46. The molecule has 2 aliphatic rings. The van der Waals surface area contributed by atoms with E-state index in [1.165, 1.54) is 18.2 Å². The van der Waals surface area contributed by atoms with Crippen LogP contribution < -0.4 is 10.1 Å². The van der Waals surface area contributed by atoms with Gasteiger partial charge in [-0.05, 0) is 68.2 Å². The van der Waals surface area contributed by atoms with E-state index in [1.54, 1.807) is 7.11 Å². The Morgan fingerprint density at radius 2 is 1.71 bits per heavy atom. The van der Waals surface area contributed by atoms with Crippen LogP contribution in [0.1, 0.15) is 56.1 Å². The first-order valence-corrected chi connectivity index (χ1v) is 12.5. The Hall–Kier alpha value is -2.57. The molecule has 6 heteroatoms. The van der Waals surface area contributed by atoms with Crippen molar-refractivity contribution in [3.05, 3.63) is 65.7 Å². The van der Waals surface area contributed by atoms with E-state index in [2.05, 4.69) is 54.7 Å². The molecule has 2 aromatic carbocycles. The molecular formula is C28H38N2O4. The maximum atomic E-state index is 12.6. The molecule has 0 bridgehead atoms. The third-order valence-electron chi connectivity index (χ3n) is 7.45. The number of hydrogen-bond acceptors (Lipinski definition) is 5. The molecule has 1 aliphatic carbocycles. The lowest BCUT2D eigenvalue weighted by atomic mass is 9.83. The first-order chi connectivity index (χ1) is 16.6. The first-order valence-electron chi connectivity index (χ1n) is 12.5. The van der Waals surface area contributed by atoms with E-state index in [0.29, 0.717) is 12.5 Å². The zero-order valence-corrected chi connectivity index (χ0v) is 20.6. The number of carbonyl (C=O) groups is 1. The molecule has 1 N–H and O–H groups in total. The molecule has 1 saturated heterocycles. The van der Waals surface area contributed by atoms with Crippen LogP contribution in [0.3, 0.4) is 0 Å². The maximum Gasteiger partial charge on any atom is 0.410 e. The number of amides is 1. The average Bonchev–Trinajstić information content (AvgIpc) is 3.21. The molecule has 1 saturated carbocycles. The van der Waals surface area contributed by atoms with Gasteiger partial charge in [-0.3, -0.25) is 4.90 Å². The number of benzene rings is 2. The fourth-order valence-corrected chi connectivity index (χ4v) is 5.51. The van der Waals surface area contributed by atoms with Crippen molar-refractivity contribution in [1.29, 1.82) is 0 Å². The summed E-state index contributed by atoms with van der Waals surface area (Å²) in [5.41, 5.74) is 2.62. The Balaban J connectivity index is 1.34. The molecule has 1 heterocycles. The Labute approximate surface area is 203 Å². The first kappa shape index (κ1) is 24.6. The van der Waals surface area contributed by atoms with E-state index >= 15 is 0 Å². The normalized spacial score (nSPS) is 26.9. The van der Waals surface area contributed by atoms with Crippen molar-refractivity contribution in [2.45, 2.75) is 75.7 Å². The summed E-state index contributed by atoms with van der Waals surface area (Å²) in [6, 6.07) is 19.1. The van der Waals surface area contributed by atoms with E-state index in [9.17, 15) is 4.79 Å². The molecule has 1 amide bonds. The largest absolute Gasteiger partial charge is 0.497 e. The van der Waals surface area contributed by atoms with Crippen LogP contribution >= 0.6 is 0 Å². The van der Waals surface area contributed by atoms with E-state index in [-0.39, 0.29) is 30.3 Å². The summed E-state index contributed by atoms with van der Waals surface area (Å²) in [4.78, 5) is 14.4. The smallest absolute Gasteiger partial charge is 0.410 e. The highest BCUT2D eigenvalue weighted by atomic mass is 16.5. The molecule has 2 aromatic rings. The Bertz CT molecular complexity index is 896. The van der Waals surface area contributed by atoms with Gasteiger partial charge in [-0.1, -0.05) is 42.5 Å². The van der Waals surface area contributed by atoms with Gasteiger partial charge in [0.05, 0.1) is 33.0 Å². The van der Waals surface area contributed by atoms with Crippen LogP contribution in [0.15, 0.2) is 54.6 Å². The minimum atomic E-state index is -0.275. The highest BCUT2D eigenvalue weighted by molar-refractivity contribution is 5.69. The van der Waals surface area contributed by atoms with E-state index in [1.807, 2.05) is 17.0 Å². The summed E-state index contributed by atoms with van der Waals surface area (Å²) in [7, 11) is 3.13. The molecule has 0 unspecified atom stereocenters. The maximum absolute atomic E-state index is 12.6. The van der Waals surface area contributed by atoms with Gasteiger partial charge < -0.3 is 19.5 Å². The molecule has 0 aromatic heterocycles. The summed E-state index contributed by atoms with van der Waals surface area (Å²) >= 11 is 0. The molecule has 1 aliphatic heterocycles. The van der Waals surface area contributed by atoms with Gasteiger partial charge in [-0.15, -0.1) is 0 Å². The van der Waals surface area contributed by atoms with Crippen molar-refractivity contribution in [3.63, 3.8) is 0 Å². The van der Waals surface area contributed by atoms with Gasteiger partial charge in [0.1, 0.15) is 5.75 Å². The van der Waals surface area contributed by atoms with Gasteiger partial charge in [0.25, 0.3) is 0 Å². The SMILES string of the molecule is COC(=O)N1[C@H](C)C[C@H](NCc2ccc(OC)cc2)[C@@H]1COC1CCC(c2ccccc2)CC1. The fourth-order valence-electron chi connectivity index (χ4n) is 5.51. The molecule has 3 atom stereocenters. The summed E-state index contributed by atoms with van der Waals surface area (Å²) < 4.78 is 16.8. The lowest BCUT2D eigenvalue weighted by Crippen LogP contribution is -2.49. The van der Waals surface area contributed by atoms with Crippen molar-refractivity contribution in [2.24, 2.45) is 0 Å². The molecule has 2 fully saturated rings. The van der Waals surface area contributed by atoms with Gasteiger partial charge in [0, 0.05) is 18.6 Å². The number of ether oxygens (including phenoxy) is 3. The second-order valence-corrected chi connectivity index (χ2v) is 9.58. The second kappa shape index (κ2) is 11.7. The molecule has 0 radical (unpaired) electrons. The third-order valence-corrected chi connectivity index (χ3v) is 7.45. The summed E-state index contributed by atoms with van der Waals surface area (Å²) in [5.74, 6) is 1.47. The molecule has 0 spiro atoms. The quantitative estimate of drug-likeness (QED) is 0.585. The van der Waals surface area contributed by atoms with Crippen molar-refractivity contribution in [1.82, 2.24) is 10.2 Å². The number of carbonyl (C=O) groups excluding carboxylic acids is 1.